The zero-order valence-corrected chi connectivity index (χ0v) is 51.1. The quantitative estimate of drug-likeness (QED) is 0.0264. The summed E-state index contributed by atoms with van der Waals surface area (Å²) in [7, 11) is -4.40. The van der Waals surface area contributed by atoms with Gasteiger partial charge in [-0.15, -0.1) is 0 Å². The van der Waals surface area contributed by atoms with Crippen molar-refractivity contribution in [2.24, 2.45) is 5.73 Å². The fourth-order valence-electron chi connectivity index (χ4n) is 9.35. The van der Waals surface area contributed by atoms with Gasteiger partial charge in [-0.1, -0.05) is 305 Å². The van der Waals surface area contributed by atoms with Crippen LogP contribution in [0, 0.1) is 0 Å². The molecule has 0 radical (unpaired) electrons. The average molecular weight is 1100 g/mol. The second-order valence-electron chi connectivity index (χ2n) is 21.6. The van der Waals surface area contributed by atoms with Crippen molar-refractivity contribution in [2.75, 3.05) is 26.4 Å². The van der Waals surface area contributed by atoms with Gasteiger partial charge >= 0.3 is 19.8 Å². The number of hydrogen-bond donors (Lipinski definition) is 2. The Morgan fingerprint density at radius 2 is 0.714 bits per heavy atom. The van der Waals surface area contributed by atoms with Crippen LogP contribution in [0.25, 0.3) is 0 Å². The first-order valence-corrected chi connectivity index (χ1v) is 33.9. The fourth-order valence-corrected chi connectivity index (χ4v) is 10.1. The molecule has 0 saturated heterocycles. The molecule has 0 aromatic heterocycles. The van der Waals surface area contributed by atoms with Gasteiger partial charge in [0.25, 0.3) is 0 Å². The number of nitrogens with two attached hydrogens (primary N) is 1. The molecule has 77 heavy (non-hydrogen) atoms. The summed E-state index contributed by atoms with van der Waals surface area (Å²) in [4.78, 5) is 35.3. The predicted octanol–water partition coefficient (Wildman–Crippen LogP) is 20.9. The van der Waals surface area contributed by atoms with Crippen LogP contribution in [0.3, 0.4) is 0 Å². The van der Waals surface area contributed by atoms with E-state index in [1.165, 1.54) is 193 Å². The molecular weight excluding hydrogens is 978 g/mol. The number of carbonyl (C=O) groups excluding carboxylic acids is 2. The second-order valence-corrected chi connectivity index (χ2v) is 23.1. The lowest BCUT2D eigenvalue weighted by atomic mass is 10.0. The molecule has 0 fully saturated rings. The van der Waals surface area contributed by atoms with Crippen LogP contribution >= 0.6 is 7.82 Å². The third kappa shape index (κ3) is 62.5. The maximum absolute atomic E-state index is 12.7. The van der Waals surface area contributed by atoms with Gasteiger partial charge in [0.05, 0.1) is 13.2 Å². The van der Waals surface area contributed by atoms with Crippen LogP contribution in [0.4, 0.5) is 0 Å². The highest BCUT2D eigenvalue weighted by Crippen LogP contribution is 2.43. The summed E-state index contributed by atoms with van der Waals surface area (Å²) in [5.41, 5.74) is 5.39. The van der Waals surface area contributed by atoms with Crippen molar-refractivity contribution >= 4 is 19.8 Å². The normalized spacial score (nSPS) is 13.5. The number of unbranched alkanes of at least 4 members (excludes halogenated alkanes) is 36. The molecule has 0 heterocycles. The van der Waals surface area contributed by atoms with Crippen LogP contribution in [0.1, 0.15) is 309 Å². The third-order valence-corrected chi connectivity index (χ3v) is 15.1. The smallest absolute Gasteiger partial charge is 0.462 e. The van der Waals surface area contributed by atoms with Crippen molar-refractivity contribution in [2.45, 2.75) is 315 Å². The number of phosphoric acid groups is 1. The van der Waals surface area contributed by atoms with Gasteiger partial charge in [-0.05, 0) is 64.2 Å². The van der Waals surface area contributed by atoms with E-state index in [4.69, 9.17) is 24.3 Å². The van der Waals surface area contributed by atoms with E-state index in [0.29, 0.717) is 6.42 Å². The molecule has 0 aliphatic rings. The summed E-state index contributed by atoms with van der Waals surface area (Å²) in [6, 6.07) is 0. The van der Waals surface area contributed by atoms with Gasteiger partial charge in [0.2, 0.25) is 0 Å². The number of ether oxygens (including phenoxy) is 2. The molecule has 448 valence electrons. The van der Waals surface area contributed by atoms with Crippen molar-refractivity contribution in [1.82, 2.24) is 0 Å². The maximum Gasteiger partial charge on any atom is 0.472 e. The van der Waals surface area contributed by atoms with Gasteiger partial charge in [0.15, 0.2) is 6.10 Å². The molecule has 2 unspecified atom stereocenters. The number of rotatable bonds is 61. The van der Waals surface area contributed by atoms with Crippen LogP contribution in [-0.4, -0.2) is 49.3 Å². The average Bonchev–Trinajstić information content (AvgIpc) is 3.42. The van der Waals surface area contributed by atoms with E-state index in [-0.39, 0.29) is 38.6 Å². The minimum absolute atomic E-state index is 0.0467. The zero-order valence-electron chi connectivity index (χ0n) is 50.2. The van der Waals surface area contributed by atoms with Crippen LogP contribution in [0.2, 0.25) is 0 Å². The largest absolute Gasteiger partial charge is 0.472 e. The zero-order chi connectivity index (χ0) is 55.9. The molecule has 0 saturated carbocycles. The molecule has 10 heteroatoms. The van der Waals surface area contributed by atoms with Crippen LogP contribution in [0.15, 0.2) is 72.9 Å². The van der Waals surface area contributed by atoms with E-state index in [0.717, 1.165) is 83.5 Å². The first-order chi connectivity index (χ1) is 37.8. The Kier molecular flexibility index (Phi) is 60.6. The topological polar surface area (TPSA) is 134 Å². The van der Waals surface area contributed by atoms with Crippen molar-refractivity contribution < 1.29 is 37.6 Å². The number of carbonyl (C=O) groups is 2. The Balaban J connectivity index is 3.89. The van der Waals surface area contributed by atoms with Crippen LogP contribution < -0.4 is 5.73 Å². The minimum Gasteiger partial charge on any atom is -0.462 e. The molecule has 0 bridgehead atoms. The lowest BCUT2D eigenvalue weighted by Gasteiger charge is -2.19. The summed E-state index contributed by atoms with van der Waals surface area (Å²) in [5.74, 6) is -0.848. The standard InChI is InChI=1S/C67H122NO8P/c1-3-5-7-9-11-13-15-17-19-21-23-25-27-28-29-30-31-32-33-34-35-36-38-39-41-43-45-47-49-51-53-55-57-59-66(69)73-63-65(64-75-77(71,72)74-62-61-68)76-67(70)60-58-56-54-52-50-48-46-44-42-40-37-26-24-22-20-18-16-14-12-10-8-6-4-2/h6,8,12,14,18,20,24,26,40,42,46,48,65H,3-5,7,9-11,13,15-17,19,21-23,25,27-39,41,43-45,47,49-64,68H2,1-2H3,(H,71,72)/b8-6-,14-12-,20-18-,26-24-,42-40-,48-46-. The van der Waals surface area contributed by atoms with Gasteiger partial charge in [-0.2, -0.15) is 0 Å². The van der Waals surface area contributed by atoms with Gasteiger partial charge in [0.1, 0.15) is 6.61 Å². The van der Waals surface area contributed by atoms with E-state index in [1.807, 2.05) is 0 Å². The monoisotopic (exact) mass is 1100 g/mol. The van der Waals surface area contributed by atoms with Crippen molar-refractivity contribution in [3.8, 4) is 0 Å². The van der Waals surface area contributed by atoms with Crippen molar-refractivity contribution in [3.63, 3.8) is 0 Å². The molecule has 0 aliphatic carbocycles. The highest BCUT2D eigenvalue weighted by molar-refractivity contribution is 7.47. The van der Waals surface area contributed by atoms with Crippen molar-refractivity contribution in [1.29, 1.82) is 0 Å². The number of allylic oxidation sites excluding steroid dienone is 12. The molecule has 3 N–H and O–H groups in total. The lowest BCUT2D eigenvalue weighted by Crippen LogP contribution is -2.29. The fraction of sp³-hybridized carbons (Fsp3) is 0.791. The third-order valence-electron chi connectivity index (χ3n) is 14.1. The number of esters is 2. The first-order valence-electron chi connectivity index (χ1n) is 32.4. The predicted molar refractivity (Wildman–Crippen MR) is 330 cm³/mol. The Hall–Kier alpha value is -2.55. The van der Waals surface area contributed by atoms with Gasteiger partial charge in [-0.25, -0.2) is 4.57 Å². The molecule has 0 amide bonds. The number of phosphoric ester groups is 1. The SMILES string of the molecule is CC/C=C\C/C=C\C/C=C\C/C=C\C/C=C\C/C=C\CCCCCCC(=O)OC(COC(=O)CCCCCCCCCCCCCCCCCCCCCCCCCCCCCCCCCCC)COP(=O)(O)OCCN. The van der Waals surface area contributed by atoms with E-state index < -0.39 is 26.5 Å². The lowest BCUT2D eigenvalue weighted by molar-refractivity contribution is -0.161. The molecule has 9 nitrogen and oxygen atoms in total. The molecule has 0 aliphatic heterocycles. The van der Waals surface area contributed by atoms with Crippen molar-refractivity contribution in [3.05, 3.63) is 72.9 Å². The molecular formula is C67H122NO8P. The Bertz CT molecular complexity index is 1490. The summed E-state index contributed by atoms with van der Waals surface area (Å²) >= 11 is 0. The Morgan fingerprint density at radius 3 is 1.06 bits per heavy atom. The first kappa shape index (κ1) is 74.5. The summed E-state index contributed by atoms with van der Waals surface area (Å²) < 4.78 is 33.1. The molecule has 0 aromatic rings. The minimum atomic E-state index is -4.40. The molecule has 0 aromatic carbocycles. The molecule has 0 rings (SSSR count). The van der Waals surface area contributed by atoms with E-state index in [9.17, 15) is 19.0 Å². The second kappa shape index (κ2) is 62.6. The molecule has 0 spiro atoms. The Morgan fingerprint density at radius 1 is 0.403 bits per heavy atom. The van der Waals surface area contributed by atoms with Crippen LogP contribution in [0.5, 0.6) is 0 Å². The highest BCUT2D eigenvalue weighted by Gasteiger charge is 2.26. The van der Waals surface area contributed by atoms with Gasteiger partial charge in [0, 0.05) is 19.4 Å². The van der Waals surface area contributed by atoms with E-state index in [1.54, 1.807) is 0 Å². The highest BCUT2D eigenvalue weighted by atomic mass is 31.2. The van der Waals surface area contributed by atoms with Gasteiger partial charge in [-0.3, -0.25) is 18.6 Å². The maximum atomic E-state index is 12.7. The van der Waals surface area contributed by atoms with Gasteiger partial charge < -0.3 is 20.1 Å². The summed E-state index contributed by atoms with van der Waals surface area (Å²) in [5, 5.41) is 0. The Labute approximate surface area is 475 Å². The number of hydrogen-bond acceptors (Lipinski definition) is 8. The molecule has 2 atom stereocenters. The van der Waals surface area contributed by atoms with E-state index >= 15 is 0 Å². The summed E-state index contributed by atoms with van der Waals surface area (Å²) in [6.45, 7) is 3.64. The van der Waals surface area contributed by atoms with Crippen LogP contribution in [-0.2, 0) is 32.7 Å². The van der Waals surface area contributed by atoms with E-state index in [2.05, 4.69) is 86.8 Å². The summed E-state index contributed by atoms with van der Waals surface area (Å²) in [6.07, 6.45) is 81.4.